The second kappa shape index (κ2) is 44.2. The summed E-state index contributed by atoms with van der Waals surface area (Å²) in [4.78, 5) is 189. The van der Waals surface area contributed by atoms with Crippen LogP contribution in [0.4, 0.5) is 0 Å². The molecule has 2 heterocycles. The van der Waals surface area contributed by atoms with Crippen molar-refractivity contribution < 1.29 is 82.8 Å². The highest BCUT2D eigenvalue weighted by Gasteiger charge is 2.39. The Labute approximate surface area is 626 Å². The first-order valence-electron chi connectivity index (χ1n) is 35.1. The maximum Gasteiger partial charge on any atom is 0.327 e. The number of hydrogen-bond acceptors (Lipinski definition) is 21. The van der Waals surface area contributed by atoms with Crippen LogP contribution >= 0.6 is 21.6 Å². The molecule has 1 aliphatic heterocycles. The number of carbonyl (C=O) groups is 13. The van der Waals surface area contributed by atoms with E-state index < -0.39 is 180 Å². The molecular weight excluding hydrogens is 1430 g/mol. The van der Waals surface area contributed by atoms with E-state index in [0.717, 1.165) is 28.5 Å². The lowest BCUT2D eigenvalue weighted by atomic mass is 10.00. The van der Waals surface area contributed by atoms with E-state index >= 15 is 14.4 Å². The summed E-state index contributed by atoms with van der Waals surface area (Å²) < 4.78 is 0. The van der Waals surface area contributed by atoms with E-state index in [9.17, 15) is 68.4 Å². The molecule has 12 amide bonds. The Kier molecular flexibility index (Phi) is 35.5. The molecule has 33 nitrogen and oxygen atoms in total. The Bertz CT molecular complexity index is 3800. The third-order valence-electron chi connectivity index (χ3n) is 17.2. The molecule has 580 valence electrons. The lowest BCUT2D eigenvalue weighted by Gasteiger charge is -2.29. The van der Waals surface area contributed by atoms with Crippen molar-refractivity contribution in [3.05, 3.63) is 144 Å². The van der Waals surface area contributed by atoms with Gasteiger partial charge in [-0.2, -0.15) is 0 Å². The number of aromatic nitrogens is 1. The minimum absolute atomic E-state index is 0.0921. The summed E-state index contributed by atoms with van der Waals surface area (Å²) in [7, 11) is 1.60. The van der Waals surface area contributed by atoms with Gasteiger partial charge in [0.05, 0.1) is 31.4 Å². The van der Waals surface area contributed by atoms with Gasteiger partial charge in [0.25, 0.3) is 0 Å². The van der Waals surface area contributed by atoms with Gasteiger partial charge in [0.2, 0.25) is 70.9 Å². The molecule has 6 rings (SSSR count). The molecule has 1 aromatic heterocycles. The molecule has 1 fully saturated rings. The highest BCUT2D eigenvalue weighted by Crippen LogP contribution is 2.24. The number of nitrogens with two attached hydrogens (primary N) is 3. The average Bonchev–Trinajstić information content (AvgIpc) is 1.70. The fourth-order valence-corrected chi connectivity index (χ4v) is 13.6. The second-order valence-corrected chi connectivity index (χ2v) is 28.4. The molecule has 5 aromatic rings. The number of H-pyrrole nitrogens is 1. The molecule has 4 aromatic carbocycles. The molecule has 0 unspecified atom stereocenters. The van der Waals surface area contributed by atoms with Gasteiger partial charge in [0.15, 0.2) is 0 Å². The summed E-state index contributed by atoms with van der Waals surface area (Å²) >= 11 is 0. The highest BCUT2D eigenvalue weighted by atomic mass is 33.1. The zero-order valence-electron chi connectivity index (χ0n) is 59.6. The quantitative estimate of drug-likeness (QED) is 0.0213. The van der Waals surface area contributed by atoms with E-state index in [1.165, 1.54) is 13.8 Å². The molecule has 107 heavy (non-hydrogen) atoms. The number of aliphatic carboxylic acids is 1. The van der Waals surface area contributed by atoms with Gasteiger partial charge in [-0.1, -0.05) is 131 Å². The van der Waals surface area contributed by atoms with Gasteiger partial charge >= 0.3 is 5.97 Å². The van der Waals surface area contributed by atoms with E-state index in [2.05, 4.69) is 68.8 Å². The van der Waals surface area contributed by atoms with Gasteiger partial charge in [-0.3, -0.25) is 57.5 Å². The number of benzene rings is 4. The molecule has 14 atom stereocenters. The van der Waals surface area contributed by atoms with Crippen molar-refractivity contribution in [1.29, 1.82) is 0 Å². The molecule has 0 aliphatic carbocycles. The fourth-order valence-electron chi connectivity index (χ4n) is 11.3. The third kappa shape index (κ3) is 28.0. The zero-order valence-corrected chi connectivity index (χ0v) is 61.2. The van der Waals surface area contributed by atoms with Crippen molar-refractivity contribution in [2.75, 3.05) is 37.7 Å². The molecule has 0 radical (unpaired) electrons. The Hall–Kier alpha value is -10.0. The minimum atomic E-state index is -1.95. The number of carboxylic acid groups (broad SMARTS) is 1. The standard InChI is InChI=1S/C72H98N16O17S2/c1-40(75)61(93)77-36-58(92)78-56-38-106-107-39-57(72(104)105)86-68(100)55(37-89)85-71(103)60(42(3)91)88-67(99)53(33-45-23-11-6-12-24-45)84-70(102)59(41(2)90)87-63(95)50(28-16-18-30-74)79-66(98)54(34-46-35-76-48-26-14-13-25-47(46)48)83-65(97)52(32-44-21-9-5-10-22-44)82-64(96)51(31-43-19-7-4-8-20-43)81-62(94)49(80-69(56)101)27-15-17-29-73/h4-14,19-26,35,40-42,49-57,59-60,76,89-91H,15-18,27-34,36-39,73-75H2,1-3H3,(H,77,93)(H,78,92)(H,79,98)(H,80,101)(H,81,94)(H,82,96)(H,83,97)(H,84,102)(H,85,103)(H,86,100)(H,87,95)(H,88,99)(H,104,105)/t40-,41+,42+,49+,50+,51-,52+,53+,54-,55+,56+,57+,59-,60-/m0/s1. The van der Waals surface area contributed by atoms with Crippen LogP contribution in [0.1, 0.15) is 81.5 Å². The van der Waals surface area contributed by atoms with Crippen LogP contribution in [0.15, 0.2) is 121 Å². The smallest absolute Gasteiger partial charge is 0.327 e. The van der Waals surface area contributed by atoms with Crippen LogP contribution in [-0.2, 0) is 88.0 Å². The number of nitrogens with one attached hydrogen (secondary N) is 13. The first kappa shape index (κ1) is 85.9. The number of aliphatic hydroxyl groups excluding tert-OH is 3. The van der Waals surface area contributed by atoms with Crippen LogP contribution in [0.5, 0.6) is 0 Å². The summed E-state index contributed by atoms with van der Waals surface area (Å²) in [5, 5.41) is 74.1. The predicted octanol–water partition coefficient (Wildman–Crippen LogP) is -3.27. The number of unbranched alkanes of at least 4 members (excludes halogenated alkanes) is 2. The van der Waals surface area contributed by atoms with Crippen molar-refractivity contribution in [1.82, 2.24) is 68.8 Å². The van der Waals surface area contributed by atoms with E-state index in [1.807, 2.05) is 0 Å². The summed E-state index contributed by atoms with van der Waals surface area (Å²) in [5.74, 6) is -14.5. The second-order valence-electron chi connectivity index (χ2n) is 25.9. The molecule has 0 bridgehead atoms. The van der Waals surface area contributed by atoms with Gasteiger partial charge in [-0.15, -0.1) is 0 Å². The first-order valence-corrected chi connectivity index (χ1v) is 37.6. The van der Waals surface area contributed by atoms with Crippen LogP contribution in [-0.4, -0.2) is 225 Å². The first-order chi connectivity index (χ1) is 51.2. The molecule has 1 aliphatic rings. The average molecular weight is 1520 g/mol. The Morgan fingerprint density at radius 2 is 0.860 bits per heavy atom. The molecular formula is C72H98N16O17S2. The van der Waals surface area contributed by atoms with Gasteiger partial charge in [0, 0.05) is 54.3 Å². The van der Waals surface area contributed by atoms with Crippen molar-refractivity contribution in [2.45, 2.75) is 170 Å². The van der Waals surface area contributed by atoms with Gasteiger partial charge in [0.1, 0.15) is 66.5 Å². The number of fused-ring (bicyclic) bond motifs is 1. The lowest BCUT2D eigenvalue weighted by Crippen LogP contribution is -2.63. The Morgan fingerprint density at radius 3 is 1.31 bits per heavy atom. The maximum absolute atomic E-state index is 15.4. The summed E-state index contributed by atoms with van der Waals surface area (Å²) in [6, 6.07) is 12.9. The van der Waals surface area contributed by atoms with Gasteiger partial charge in [-0.05, 0) is 101 Å². The molecule has 23 N–H and O–H groups in total. The molecule has 0 spiro atoms. The van der Waals surface area contributed by atoms with E-state index in [-0.39, 0.29) is 70.2 Å². The third-order valence-corrected chi connectivity index (χ3v) is 19.7. The molecule has 0 saturated carbocycles. The normalized spacial score (nSPS) is 23.7. The van der Waals surface area contributed by atoms with Crippen molar-refractivity contribution in [2.24, 2.45) is 17.2 Å². The van der Waals surface area contributed by atoms with Crippen molar-refractivity contribution >= 4 is 109 Å². The van der Waals surface area contributed by atoms with E-state index in [0.29, 0.717) is 46.0 Å². The molecule has 35 heteroatoms. The van der Waals surface area contributed by atoms with Crippen molar-refractivity contribution in [3.63, 3.8) is 0 Å². The van der Waals surface area contributed by atoms with Crippen molar-refractivity contribution in [3.8, 4) is 0 Å². The fraction of sp³-hybridized carbons (Fsp3) is 0.458. The van der Waals surface area contributed by atoms with Crippen LogP contribution < -0.4 is 81.0 Å². The topological polar surface area (TPSA) is 541 Å². The number of carbonyl (C=O) groups excluding carboxylic acids is 12. The highest BCUT2D eigenvalue weighted by molar-refractivity contribution is 8.76. The summed E-state index contributed by atoms with van der Waals surface area (Å²) in [6.45, 7) is 2.12. The number of hydrogen-bond donors (Lipinski definition) is 20. The number of carboxylic acids is 1. The van der Waals surface area contributed by atoms with Crippen LogP contribution in [0.25, 0.3) is 10.9 Å². The van der Waals surface area contributed by atoms with Crippen LogP contribution in [0, 0.1) is 0 Å². The Balaban J connectivity index is 1.46. The SMILES string of the molecule is C[C@H](N)C(=O)NCC(=O)N[C@@H]1CSSC[C@H](C(=O)O)NC(=O)[C@@H](CO)NC(=O)[C@H]([C@@H](C)O)NC(=O)[C@@H](Cc2ccccc2)NC(=O)[C@H]([C@@H](C)O)NC(=O)[C@@H](CCCCN)NC(=O)[C@H](Cc2c[nH]c3ccccc23)NC(=O)[C@@H](Cc2ccccc2)NC(=O)[C@H](Cc2ccccc2)NC(=O)[C@@H](CCCCN)NC1=O. The maximum atomic E-state index is 15.4. The molecule has 1 saturated heterocycles. The number of rotatable bonds is 24. The predicted molar refractivity (Wildman–Crippen MR) is 399 cm³/mol. The monoisotopic (exact) mass is 1520 g/mol. The lowest BCUT2D eigenvalue weighted by molar-refractivity contribution is -0.142. The minimum Gasteiger partial charge on any atom is -0.480 e. The van der Waals surface area contributed by atoms with E-state index in [1.54, 1.807) is 121 Å². The van der Waals surface area contributed by atoms with Gasteiger partial charge < -0.3 is 106 Å². The summed E-state index contributed by atoms with van der Waals surface area (Å²) in [6.07, 6.45) is -1.86. The number of amides is 12. The number of aliphatic hydroxyl groups is 3. The number of aromatic amines is 1. The number of para-hydroxylation sites is 1. The van der Waals surface area contributed by atoms with Gasteiger partial charge in [-0.25, -0.2) is 4.79 Å². The Morgan fingerprint density at radius 1 is 0.477 bits per heavy atom. The van der Waals surface area contributed by atoms with E-state index in [4.69, 9.17) is 17.2 Å². The zero-order chi connectivity index (χ0) is 78.1. The summed E-state index contributed by atoms with van der Waals surface area (Å²) in [5.41, 5.74) is 20.2. The van der Waals surface area contributed by atoms with Crippen LogP contribution in [0.2, 0.25) is 0 Å². The van der Waals surface area contributed by atoms with Crippen LogP contribution in [0.3, 0.4) is 0 Å². The largest absolute Gasteiger partial charge is 0.480 e.